The van der Waals surface area contributed by atoms with Crippen LogP contribution in [0.4, 0.5) is 8.78 Å². The number of hydrogen-bond acceptors (Lipinski definition) is 4. The standard InChI is InChI=1S/C29H32F2N2O2/c30-26-12-8-24(9-13-26)29(25-10-14-27(31)15-11-25)35-22-21-33-19-17-32(18-20-33)16-4-7-28(34)23-5-2-1-3-6-23/h1-3,5-6,8-15,29H,4,7,16-22H2. The zero-order valence-electron chi connectivity index (χ0n) is 19.9. The molecular weight excluding hydrogens is 446 g/mol. The Morgan fingerprint density at radius 3 is 1.80 bits per heavy atom. The summed E-state index contributed by atoms with van der Waals surface area (Å²) in [7, 11) is 0. The predicted molar refractivity (Wildman–Crippen MR) is 133 cm³/mol. The molecule has 3 aromatic carbocycles. The van der Waals surface area contributed by atoms with Gasteiger partial charge in [0.15, 0.2) is 5.78 Å². The van der Waals surface area contributed by atoms with E-state index in [-0.39, 0.29) is 23.5 Å². The van der Waals surface area contributed by atoms with E-state index < -0.39 is 0 Å². The maximum atomic E-state index is 13.4. The van der Waals surface area contributed by atoms with Crippen molar-refractivity contribution in [1.29, 1.82) is 0 Å². The summed E-state index contributed by atoms with van der Waals surface area (Å²) in [4.78, 5) is 17.1. The first-order chi connectivity index (χ1) is 17.1. The van der Waals surface area contributed by atoms with Gasteiger partial charge in [-0.05, 0) is 48.4 Å². The van der Waals surface area contributed by atoms with Crippen LogP contribution >= 0.6 is 0 Å². The van der Waals surface area contributed by atoms with Crippen molar-refractivity contribution in [3.05, 3.63) is 107 Å². The van der Waals surface area contributed by atoms with Crippen molar-refractivity contribution in [3.63, 3.8) is 0 Å². The molecule has 0 saturated carbocycles. The van der Waals surface area contributed by atoms with Crippen LogP contribution in [0.15, 0.2) is 78.9 Å². The van der Waals surface area contributed by atoms with Crippen molar-refractivity contribution >= 4 is 5.78 Å². The van der Waals surface area contributed by atoms with Gasteiger partial charge in [0.05, 0.1) is 6.61 Å². The third-order valence-corrected chi connectivity index (χ3v) is 6.48. The Bertz CT molecular complexity index is 1000. The van der Waals surface area contributed by atoms with Crippen molar-refractivity contribution in [2.45, 2.75) is 18.9 Å². The average Bonchev–Trinajstić information content (AvgIpc) is 2.89. The Hall–Kier alpha value is -2.93. The van der Waals surface area contributed by atoms with Gasteiger partial charge < -0.3 is 9.64 Å². The molecule has 1 aliphatic heterocycles. The highest BCUT2D eigenvalue weighted by Crippen LogP contribution is 2.26. The van der Waals surface area contributed by atoms with Gasteiger partial charge in [-0.25, -0.2) is 8.78 Å². The van der Waals surface area contributed by atoms with E-state index >= 15 is 0 Å². The van der Waals surface area contributed by atoms with Gasteiger partial charge >= 0.3 is 0 Å². The monoisotopic (exact) mass is 478 g/mol. The van der Waals surface area contributed by atoms with Gasteiger partial charge in [0, 0.05) is 44.7 Å². The fraction of sp³-hybridized carbons (Fsp3) is 0.345. The molecule has 0 spiro atoms. The van der Waals surface area contributed by atoms with Crippen LogP contribution in [-0.2, 0) is 4.74 Å². The van der Waals surface area contributed by atoms with Gasteiger partial charge in [-0.3, -0.25) is 9.69 Å². The summed E-state index contributed by atoms with van der Waals surface area (Å²) in [5, 5.41) is 0. The van der Waals surface area contributed by atoms with Crippen LogP contribution in [0.25, 0.3) is 0 Å². The molecular formula is C29H32F2N2O2. The number of rotatable bonds is 11. The van der Waals surface area contributed by atoms with Gasteiger partial charge in [0.2, 0.25) is 0 Å². The van der Waals surface area contributed by atoms with Gasteiger partial charge in [-0.1, -0.05) is 54.6 Å². The molecule has 1 aliphatic rings. The molecule has 1 fully saturated rings. The second kappa shape index (κ2) is 12.7. The molecule has 1 heterocycles. The highest BCUT2D eigenvalue weighted by atomic mass is 19.1. The lowest BCUT2D eigenvalue weighted by molar-refractivity contribution is 0.0449. The Balaban J connectivity index is 1.20. The normalized spacial score (nSPS) is 14.9. The van der Waals surface area contributed by atoms with E-state index in [2.05, 4.69) is 9.80 Å². The predicted octanol–water partition coefficient (Wildman–Crippen LogP) is 5.35. The summed E-state index contributed by atoms with van der Waals surface area (Å²) in [6.45, 7) is 6.09. The number of carbonyl (C=O) groups excluding carboxylic acids is 1. The summed E-state index contributed by atoms with van der Waals surface area (Å²) in [6.07, 6.45) is 1.07. The molecule has 0 bridgehead atoms. The highest BCUT2D eigenvalue weighted by Gasteiger charge is 2.19. The topological polar surface area (TPSA) is 32.8 Å². The summed E-state index contributed by atoms with van der Waals surface area (Å²) < 4.78 is 33.0. The third kappa shape index (κ3) is 7.52. The van der Waals surface area contributed by atoms with Crippen LogP contribution in [0.5, 0.6) is 0 Å². The smallest absolute Gasteiger partial charge is 0.162 e. The number of halogens is 2. The average molecular weight is 479 g/mol. The lowest BCUT2D eigenvalue weighted by Gasteiger charge is -2.34. The SMILES string of the molecule is O=C(CCCN1CCN(CCOC(c2ccc(F)cc2)c2ccc(F)cc2)CC1)c1ccccc1. The van der Waals surface area contributed by atoms with Crippen LogP contribution in [0.2, 0.25) is 0 Å². The van der Waals surface area contributed by atoms with E-state index in [1.165, 1.54) is 24.3 Å². The number of piperazine rings is 1. The minimum absolute atomic E-state index is 0.207. The van der Waals surface area contributed by atoms with Gasteiger partial charge in [-0.2, -0.15) is 0 Å². The molecule has 35 heavy (non-hydrogen) atoms. The maximum Gasteiger partial charge on any atom is 0.162 e. The molecule has 0 radical (unpaired) electrons. The van der Waals surface area contributed by atoms with E-state index in [1.54, 1.807) is 24.3 Å². The number of Topliss-reactive ketones (excluding diaryl/α,β-unsaturated/α-hetero) is 1. The van der Waals surface area contributed by atoms with Crippen LogP contribution in [0, 0.1) is 11.6 Å². The molecule has 0 aromatic heterocycles. The fourth-order valence-electron chi connectivity index (χ4n) is 4.43. The van der Waals surface area contributed by atoms with Crippen molar-refractivity contribution in [1.82, 2.24) is 9.80 Å². The molecule has 6 heteroatoms. The van der Waals surface area contributed by atoms with E-state index in [1.807, 2.05) is 30.3 Å². The minimum atomic E-state index is -0.375. The van der Waals surface area contributed by atoms with E-state index in [9.17, 15) is 13.6 Å². The van der Waals surface area contributed by atoms with Crippen LogP contribution < -0.4 is 0 Å². The number of benzene rings is 3. The number of carbonyl (C=O) groups is 1. The van der Waals surface area contributed by atoms with Gasteiger partial charge in [-0.15, -0.1) is 0 Å². The molecule has 0 aliphatic carbocycles. The molecule has 4 rings (SSSR count). The molecule has 184 valence electrons. The molecule has 0 atom stereocenters. The lowest BCUT2D eigenvalue weighted by Crippen LogP contribution is -2.47. The second-order valence-electron chi connectivity index (χ2n) is 8.93. The van der Waals surface area contributed by atoms with Crippen LogP contribution in [0.3, 0.4) is 0 Å². The third-order valence-electron chi connectivity index (χ3n) is 6.48. The first-order valence-corrected chi connectivity index (χ1v) is 12.2. The number of nitrogens with zero attached hydrogens (tertiary/aromatic N) is 2. The highest BCUT2D eigenvalue weighted by molar-refractivity contribution is 5.95. The first kappa shape index (κ1) is 25.2. The van der Waals surface area contributed by atoms with Crippen molar-refractivity contribution in [2.24, 2.45) is 0 Å². The zero-order valence-corrected chi connectivity index (χ0v) is 19.9. The summed E-state index contributed by atoms with van der Waals surface area (Å²) in [6, 6.07) is 22.0. The maximum absolute atomic E-state index is 13.4. The zero-order chi connectivity index (χ0) is 24.5. The fourth-order valence-corrected chi connectivity index (χ4v) is 4.43. The Kier molecular flexibility index (Phi) is 9.12. The summed E-state index contributed by atoms with van der Waals surface area (Å²) in [5.74, 6) is -0.388. The number of ketones is 1. The van der Waals surface area contributed by atoms with Gasteiger partial charge in [0.1, 0.15) is 17.7 Å². The lowest BCUT2D eigenvalue weighted by atomic mass is 10.0. The summed E-state index contributed by atoms with van der Waals surface area (Å²) in [5.41, 5.74) is 2.47. The van der Waals surface area contributed by atoms with E-state index in [4.69, 9.17) is 4.74 Å². The molecule has 0 amide bonds. The first-order valence-electron chi connectivity index (χ1n) is 12.2. The summed E-state index contributed by atoms with van der Waals surface area (Å²) >= 11 is 0. The van der Waals surface area contributed by atoms with Crippen LogP contribution in [0.1, 0.15) is 40.4 Å². The quantitative estimate of drug-likeness (QED) is 0.348. The number of ether oxygens (including phenoxy) is 1. The van der Waals surface area contributed by atoms with E-state index in [0.717, 1.165) is 62.4 Å². The van der Waals surface area contributed by atoms with Gasteiger partial charge in [0.25, 0.3) is 0 Å². The molecule has 0 N–H and O–H groups in total. The Morgan fingerprint density at radius 2 is 1.26 bits per heavy atom. The van der Waals surface area contributed by atoms with E-state index in [0.29, 0.717) is 13.0 Å². The number of hydrogen-bond donors (Lipinski definition) is 0. The van der Waals surface area contributed by atoms with Crippen molar-refractivity contribution < 1.29 is 18.3 Å². The minimum Gasteiger partial charge on any atom is -0.367 e. The largest absolute Gasteiger partial charge is 0.367 e. The second-order valence-corrected chi connectivity index (χ2v) is 8.93. The molecule has 4 nitrogen and oxygen atoms in total. The van der Waals surface area contributed by atoms with Crippen molar-refractivity contribution in [2.75, 3.05) is 45.9 Å². The molecule has 1 saturated heterocycles. The Labute approximate surface area is 206 Å². The molecule has 0 unspecified atom stereocenters. The van der Waals surface area contributed by atoms with Crippen molar-refractivity contribution in [3.8, 4) is 0 Å². The Morgan fingerprint density at radius 1 is 0.743 bits per heavy atom. The molecule has 3 aromatic rings. The van der Waals surface area contributed by atoms with Crippen LogP contribution in [-0.4, -0.2) is 61.5 Å².